The van der Waals surface area contributed by atoms with Gasteiger partial charge in [-0.15, -0.1) is 11.8 Å². The van der Waals surface area contributed by atoms with Crippen molar-refractivity contribution >= 4 is 11.8 Å². The predicted molar refractivity (Wildman–Crippen MR) is 77.8 cm³/mol. The van der Waals surface area contributed by atoms with Crippen LogP contribution < -0.4 is 5.73 Å². The molecule has 2 N–H and O–H groups in total. The fourth-order valence-electron chi connectivity index (χ4n) is 2.64. The summed E-state index contributed by atoms with van der Waals surface area (Å²) in [7, 11) is 0. The Hall–Kier alpha value is -2.37. The molecule has 1 aromatic rings. The third-order valence-electron chi connectivity index (χ3n) is 3.55. The van der Waals surface area contributed by atoms with Gasteiger partial charge in [-0.25, -0.2) is 0 Å². The Kier molecular flexibility index (Phi) is 3.14. The molecular formula is C15H12N4S. The molecule has 0 aliphatic carbocycles. The van der Waals surface area contributed by atoms with Crippen LogP contribution in [0.25, 0.3) is 0 Å². The van der Waals surface area contributed by atoms with E-state index in [-0.39, 0.29) is 5.92 Å². The summed E-state index contributed by atoms with van der Waals surface area (Å²) < 4.78 is 0. The summed E-state index contributed by atoms with van der Waals surface area (Å²) in [6.45, 7) is 0.754. The van der Waals surface area contributed by atoms with Gasteiger partial charge in [0.05, 0.1) is 34.2 Å². The van der Waals surface area contributed by atoms with E-state index < -0.39 is 0 Å². The molecule has 0 aromatic heterocycles. The molecule has 1 aromatic carbocycles. The van der Waals surface area contributed by atoms with Crippen LogP contribution in [0.3, 0.4) is 0 Å². The number of hydrogen-bond acceptors (Lipinski definition) is 5. The second-order valence-electron chi connectivity index (χ2n) is 4.59. The van der Waals surface area contributed by atoms with Crippen molar-refractivity contribution < 1.29 is 0 Å². The lowest BCUT2D eigenvalue weighted by Crippen LogP contribution is -2.31. The Morgan fingerprint density at radius 3 is 2.50 bits per heavy atom. The summed E-state index contributed by atoms with van der Waals surface area (Å²) in [6, 6.07) is 14.1. The molecule has 0 unspecified atom stereocenters. The van der Waals surface area contributed by atoms with Gasteiger partial charge in [-0.2, -0.15) is 10.5 Å². The highest BCUT2D eigenvalue weighted by molar-refractivity contribution is 8.03. The number of rotatable bonds is 1. The second-order valence-corrected chi connectivity index (χ2v) is 5.67. The van der Waals surface area contributed by atoms with E-state index in [9.17, 15) is 10.5 Å². The molecule has 2 aliphatic rings. The zero-order valence-corrected chi connectivity index (χ0v) is 11.5. The van der Waals surface area contributed by atoms with Gasteiger partial charge in [0.15, 0.2) is 0 Å². The van der Waals surface area contributed by atoms with E-state index in [1.807, 2.05) is 35.2 Å². The van der Waals surface area contributed by atoms with Crippen LogP contribution in [0.5, 0.6) is 0 Å². The van der Waals surface area contributed by atoms with Crippen LogP contribution in [0.15, 0.2) is 52.3 Å². The summed E-state index contributed by atoms with van der Waals surface area (Å²) in [5.41, 5.74) is 8.18. The normalized spacial score (nSPS) is 21.5. The SMILES string of the molecule is N#CC1=C(N)N2CCSC2=C(C#N)[C@@H]1c1ccccc1. The van der Waals surface area contributed by atoms with Crippen LogP contribution in [0.4, 0.5) is 0 Å². The summed E-state index contributed by atoms with van der Waals surface area (Å²) in [4.78, 5) is 1.89. The summed E-state index contributed by atoms with van der Waals surface area (Å²) in [6.07, 6.45) is 0. The van der Waals surface area contributed by atoms with Crippen LogP contribution in [-0.4, -0.2) is 17.2 Å². The van der Waals surface area contributed by atoms with Crippen molar-refractivity contribution in [3.63, 3.8) is 0 Å². The minimum Gasteiger partial charge on any atom is -0.384 e. The number of nitriles is 2. The molecule has 3 rings (SSSR count). The molecule has 4 nitrogen and oxygen atoms in total. The number of thioether (sulfide) groups is 1. The van der Waals surface area contributed by atoms with Gasteiger partial charge in [-0.3, -0.25) is 0 Å². The maximum atomic E-state index is 9.55. The van der Waals surface area contributed by atoms with Crippen LogP contribution in [0.2, 0.25) is 0 Å². The minimum absolute atomic E-state index is 0.344. The second kappa shape index (κ2) is 4.96. The van der Waals surface area contributed by atoms with Crippen molar-refractivity contribution in [2.45, 2.75) is 5.92 Å². The molecule has 0 spiro atoms. The number of fused-ring (bicyclic) bond motifs is 1. The molecule has 2 heterocycles. The number of benzene rings is 1. The first-order chi connectivity index (χ1) is 9.77. The maximum absolute atomic E-state index is 9.55. The molecule has 1 atom stereocenters. The largest absolute Gasteiger partial charge is 0.384 e. The number of hydrogen-bond donors (Lipinski definition) is 1. The van der Waals surface area contributed by atoms with Crippen molar-refractivity contribution in [3.05, 3.63) is 57.9 Å². The Bertz CT molecular complexity index is 691. The van der Waals surface area contributed by atoms with Crippen molar-refractivity contribution in [2.24, 2.45) is 5.73 Å². The van der Waals surface area contributed by atoms with Gasteiger partial charge in [0, 0.05) is 12.3 Å². The van der Waals surface area contributed by atoms with Gasteiger partial charge in [0.25, 0.3) is 0 Å². The number of allylic oxidation sites excluding steroid dienone is 2. The van der Waals surface area contributed by atoms with E-state index in [4.69, 9.17) is 5.73 Å². The Morgan fingerprint density at radius 2 is 1.85 bits per heavy atom. The first-order valence-electron chi connectivity index (χ1n) is 6.27. The van der Waals surface area contributed by atoms with E-state index in [1.165, 1.54) is 0 Å². The van der Waals surface area contributed by atoms with Crippen molar-refractivity contribution in [2.75, 3.05) is 12.3 Å². The molecule has 1 saturated heterocycles. The molecule has 98 valence electrons. The van der Waals surface area contributed by atoms with Crippen LogP contribution in [0, 0.1) is 22.7 Å². The van der Waals surface area contributed by atoms with E-state index in [1.54, 1.807) is 11.8 Å². The molecule has 5 heteroatoms. The topological polar surface area (TPSA) is 76.8 Å². The Balaban J connectivity index is 2.22. The quantitative estimate of drug-likeness (QED) is 0.853. The maximum Gasteiger partial charge on any atom is 0.119 e. The minimum atomic E-state index is -0.344. The van der Waals surface area contributed by atoms with Gasteiger partial charge >= 0.3 is 0 Å². The van der Waals surface area contributed by atoms with Crippen molar-refractivity contribution in [1.82, 2.24) is 4.90 Å². The van der Waals surface area contributed by atoms with E-state index in [2.05, 4.69) is 12.1 Å². The lowest BCUT2D eigenvalue weighted by atomic mass is 9.84. The van der Waals surface area contributed by atoms with Gasteiger partial charge in [0.2, 0.25) is 0 Å². The van der Waals surface area contributed by atoms with Gasteiger partial charge in [-0.05, 0) is 5.56 Å². The average Bonchev–Trinajstić information content (AvgIpc) is 2.97. The molecule has 2 aliphatic heterocycles. The highest BCUT2D eigenvalue weighted by Gasteiger charge is 2.37. The first-order valence-corrected chi connectivity index (χ1v) is 7.25. The zero-order valence-electron chi connectivity index (χ0n) is 10.7. The van der Waals surface area contributed by atoms with Crippen LogP contribution >= 0.6 is 11.8 Å². The van der Waals surface area contributed by atoms with Crippen LogP contribution in [0.1, 0.15) is 11.5 Å². The molecule has 0 amide bonds. The molecule has 20 heavy (non-hydrogen) atoms. The lowest BCUT2D eigenvalue weighted by Gasteiger charge is -2.31. The fourth-order valence-corrected chi connectivity index (χ4v) is 3.77. The van der Waals surface area contributed by atoms with Gasteiger partial charge in [0.1, 0.15) is 5.82 Å². The number of nitrogens with zero attached hydrogens (tertiary/aromatic N) is 3. The third-order valence-corrected chi connectivity index (χ3v) is 4.65. The highest BCUT2D eigenvalue weighted by atomic mass is 32.2. The summed E-state index contributed by atoms with van der Waals surface area (Å²) in [5, 5.41) is 19.9. The smallest absolute Gasteiger partial charge is 0.119 e. The standard InChI is InChI=1S/C15H12N4S/c16-8-11-13(10-4-2-1-3-5-10)12(9-17)15-19(14(11)18)6-7-20-15/h1-5,13H,6-7,18H2/t13-/m1/s1. The fraction of sp³-hybridized carbons (Fsp3) is 0.200. The van der Waals surface area contributed by atoms with Gasteiger partial charge < -0.3 is 10.6 Å². The average molecular weight is 280 g/mol. The van der Waals surface area contributed by atoms with Crippen molar-refractivity contribution in [3.8, 4) is 12.1 Å². The van der Waals surface area contributed by atoms with Gasteiger partial charge in [-0.1, -0.05) is 30.3 Å². The molecule has 1 fully saturated rings. The molecule has 0 saturated carbocycles. The Labute approximate surface area is 121 Å². The Morgan fingerprint density at radius 1 is 1.15 bits per heavy atom. The molecule has 0 bridgehead atoms. The highest BCUT2D eigenvalue weighted by Crippen LogP contribution is 2.45. The monoisotopic (exact) mass is 280 g/mol. The van der Waals surface area contributed by atoms with E-state index >= 15 is 0 Å². The summed E-state index contributed by atoms with van der Waals surface area (Å²) in [5.74, 6) is 1.03. The van der Waals surface area contributed by atoms with Crippen molar-refractivity contribution in [1.29, 1.82) is 10.5 Å². The zero-order chi connectivity index (χ0) is 14.1. The first kappa shape index (κ1) is 12.7. The van der Waals surface area contributed by atoms with E-state index in [0.717, 1.165) is 22.9 Å². The van der Waals surface area contributed by atoms with Crippen LogP contribution in [-0.2, 0) is 0 Å². The number of nitrogens with two attached hydrogens (primary N) is 1. The van der Waals surface area contributed by atoms with E-state index in [0.29, 0.717) is 17.0 Å². The summed E-state index contributed by atoms with van der Waals surface area (Å²) >= 11 is 1.63. The third kappa shape index (κ3) is 1.76. The molecule has 0 radical (unpaired) electrons. The predicted octanol–water partition coefficient (Wildman–Crippen LogP) is 2.26. The lowest BCUT2D eigenvalue weighted by molar-refractivity contribution is 0.469. The molecular weight excluding hydrogens is 268 g/mol.